The van der Waals surface area contributed by atoms with Crippen molar-refractivity contribution >= 4 is 17.5 Å². The molecule has 1 aliphatic carbocycles. The molecule has 0 spiro atoms. The molecule has 0 saturated carbocycles. The minimum atomic E-state index is 0.230. The zero-order chi connectivity index (χ0) is 13.1. The van der Waals surface area contributed by atoms with E-state index in [1.165, 1.54) is 0 Å². The van der Waals surface area contributed by atoms with Gasteiger partial charge in [-0.3, -0.25) is 4.79 Å². The fourth-order valence-corrected chi connectivity index (χ4v) is 3.72. The van der Waals surface area contributed by atoms with Gasteiger partial charge in [0, 0.05) is 18.1 Å². The van der Waals surface area contributed by atoms with Crippen LogP contribution in [0.25, 0.3) is 0 Å². The lowest BCUT2D eigenvalue weighted by Crippen LogP contribution is -2.22. The van der Waals surface area contributed by atoms with Crippen molar-refractivity contribution in [3.63, 3.8) is 0 Å². The summed E-state index contributed by atoms with van der Waals surface area (Å²) in [6.45, 7) is 6.43. The van der Waals surface area contributed by atoms with Gasteiger partial charge >= 0.3 is 0 Å². The number of carbonyl (C=O) groups excluding carboxylic acids is 1. The summed E-state index contributed by atoms with van der Waals surface area (Å²) >= 11 is 1.96. The lowest BCUT2D eigenvalue weighted by atomic mass is 9.83. The quantitative estimate of drug-likeness (QED) is 0.818. The summed E-state index contributed by atoms with van der Waals surface area (Å²) in [5.74, 6) is 2.61. The molecule has 100 valence electrons. The molecule has 1 aliphatic rings. The van der Waals surface area contributed by atoms with Gasteiger partial charge in [-0.2, -0.15) is 11.8 Å². The molecule has 0 amide bonds. The van der Waals surface area contributed by atoms with Crippen molar-refractivity contribution in [1.29, 1.82) is 0 Å². The van der Waals surface area contributed by atoms with Gasteiger partial charge in [0.15, 0.2) is 5.78 Å². The van der Waals surface area contributed by atoms with Gasteiger partial charge < -0.3 is 4.52 Å². The van der Waals surface area contributed by atoms with Crippen LogP contribution in [0.3, 0.4) is 0 Å². The van der Waals surface area contributed by atoms with Gasteiger partial charge in [-0.05, 0) is 24.5 Å². The molecule has 0 aliphatic heterocycles. The number of rotatable bonds is 5. The second-order valence-electron chi connectivity index (χ2n) is 4.98. The highest BCUT2D eigenvalue weighted by Crippen LogP contribution is 2.32. The number of Topliss-reactive ketones (excluding diaryl/α,β-unsaturated/α-hetero) is 1. The van der Waals surface area contributed by atoms with Crippen molar-refractivity contribution in [2.45, 2.75) is 51.7 Å². The van der Waals surface area contributed by atoms with Crippen molar-refractivity contribution in [3.05, 3.63) is 17.0 Å². The highest BCUT2D eigenvalue weighted by Gasteiger charge is 2.31. The largest absolute Gasteiger partial charge is 0.360 e. The minimum Gasteiger partial charge on any atom is -0.360 e. The topological polar surface area (TPSA) is 43.1 Å². The van der Waals surface area contributed by atoms with Crippen LogP contribution in [-0.2, 0) is 12.8 Å². The van der Waals surface area contributed by atoms with Crippen molar-refractivity contribution in [2.75, 3.05) is 5.75 Å². The minimum absolute atomic E-state index is 0.230. The van der Waals surface area contributed by atoms with Crippen molar-refractivity contribution in [3.8, 4) is 0 Å². The molecule has 4 heteroatoms. The van der Waals surface area contributed by atoms with E-state index >= 15 is 0 Å². The van der Waals surface area contributed by atoms with Crippen LogP contribution in [0.2, 0.25) is 0 Å². The molecule has 2 rings (SSSR count). The Kier molecular flexibility index (Phi) is 4.49. The van der Waals surface area contributed by atoms with Gasteiger partial charge in [0.1, 0.15) is 5.76 Å². The lowest BCUT2D eigenvalue weighted by Gasteiger charge is -2.22. The van der Waals surface area contributed by atoms with Crippen LogP contribution in [0.5, 0.6) is 0 Å². The normalized spacial score (nSPS) is 20.8. The van der Waals surface area contributed by atoms with Crippen LogP contribution < -0.4 is 0 Å². The molecule has 0 aromatic carbocycles. The lowest BCUT2D eigenvalue weighted by molar-refractivity contribution is 0.0940. The SMILES string of the molecule is CCSC(C)CC1CC(=O)c2c(CC)noc2C1. The van der Waals surface area contributed by atoms with Gasteiger partial charge in [0.05, 0.1) is 11.3 Å². The van der Waals surface area contributed by atoms with Crippen LogP contribution in [-0.4, -0.2) is 21.9 Å². The molecule has 0 bridgehead atoms. The van der Waals surface area contributed by atoms with Crippen LogP contribution >= 0.6 is 11.8 Å². The van der Waals surface area contributed by atoms with Gasteiger partial charge in [-0.25, -0.2) is 0 Å². The van der Waals surface area contributed by atoms with E-state index in [0.29, 0.717) is 17.6 Å². The number of hydrogen-bond donors (Lipinski definition) is 0. The van der Waals surface area contributed by atoms with Gasteiger partial charge in [-0.15, -0.1) is 0 Å². The first-order valence-electron chi connectivity index (χ1n) is 6.77. The Morgan fingerprint density at radius 2 is 2.22 bits per heavy atom. The van der Waals surface area contributed by atoms with E-state index in [2.05, 4.69) is 19.0 Å². The first-order chi connectivity index (χ1) is 8.65. The number of aryl methyl sites for hydroxylation is 1. The molecule has 0 saturated heterocycles. The van der Waals surface area contributed by atoms with Gasteiger partial charge in [0.2, 0.25) is 0 Å². The summed E-state index contributed by atoms with van der Waals surface area (Å²) in [6.07, 6.45) is 3.40. The van der Waals surface area contributed by atoms with Crippen LogP contribution in [0, 0.1) is 5.92 Å². The van der Waals surface area contributed by atoms with E-state index < -0.39 is 0 Å². The molecule has 18 heavy (non-hydrogen) atoms. The van der Waals surface area contributed by atoms with E-state index in [-0.39, 0.29) is 5.78 Å². The number of aromatic nitrogens is 1. The molecule has 1 heterocycles. The molecule has 1 aromatic heterocycles. The highest BCUT2D eigenvalue weighted by atomic mass is 32.2. The molecule has 0 N–H and O–H groups in total. The van der Waals surface area contributed by atoms with E-state index in [9.17, 15) is 4.79 Å². The Balaban J connectivity index is 2.07. The Morgan fingerprint density at radius 1 is 1.44 bits per heavy atom. The highest BCUT2D eigenvalue weighted by molar-refractivity contribution is 7.99. The summed E-state index contributed by atoms with van der Waals surface area (Å²) in [5.41, 5.74) is 1.62. The molecule has 0 radical (unpaired) electrons. The summed E-state index contributed by atoms with van der Waals surface area (Å²) < 4.78 is 5.34. The standard InChI is InChI=1S/C14H21NO2S/c1-4-11-14-12(16)7-10(6-9(3)18-5-2)8-13(14)17-15-11/h9-10H,4-8H2,1-3H3. The van der Waals surface area contributed by atoms with Crippen LogP contribution in [0.1, 0.15) is 55.4 Å². The monoisotopic (exact) mass is 267 g/mol. The third-order valence-corrected chi connectivity index (χ3v) is 4.61. The van der Waals surface area contributed by atoms with Gasteiger partial charge in [-0.1, -0.05) is 25.9 Å². The zero-order valence-electron chi connectivity index (χ0n) is 11.4. The number of fused-ring (bicyclic) bond motifs is 1. The molecule has 2 unspecified atom stereocenters. The second-order valence-corrected chi connectivity index (χ2v) is 6.70. The Bertz CT molecular complexity index is 427. The summed E-state index contributed by atoms with van der Waals surface area (Å²) in [5, 5.41) is 4.63. The van der Waals surface area contributed by atoms with E-state index in [1.807, 2.05) is 18.7 Å². The Hall–Kier alpha value is -0.770. The molecule has 1 aromatic rings. The third-order valence-electron chi connectivity index (χ3n) is 3.51. The third kappa shape index (κ3) is 2.79. The maximum atomic E-state index is 12.2. The Labute approximate surface area is 113 Å². The smallest absolute Gasteiger partial charge is 0.168 e. The molecule has 3 nitrogen and oxygen atoms in total. The summed E-state index contributed by atoms with van der Waals surface area (Å²) in [7, 11) is 0. The second kappa shape index (κ2) is 5.91. The molecular formula is C14H21NO2S. The maximum Gasteiger partial charge on any atom is 0.168 e. The fraction of sp³-hybridized carbons (Fsp3) is 0.714. The first-order valence-corrected chi connectivity index (χ1v) is 7.82. The predicted molar refractivity (Wildman–Crippen MR) is 74.2 cm³/mol. The first kappa shape index (κ1) is 13.7. The zero-order valence-corrected chi connectivity index (χ0v) is 12.2. The number of ketones is 1. The van der Waals surface area contributed by atoms with Crippen molar-refractivity contribution in [2.24, 2.45) is 5.92 Å². The number of nitrogens with zero attached hydrogens (tertiary/aromatic N) is 1. The van der Waals surface area contributed by atoms with Crippen LogP contribution in [0.15, 0.2) is 4.52 Å². The number of carbonyl (C=O) groups is 1. The fourth-order valence-electron chi connectivity index (χ4n) is 2.75. The van der Waals surface area contributed by atoms with Crippen molar-refractivity contribution < 1.29 is 9.32 Å². The van der Waals surface area contributed by atoms with E-state index in [4.69, 9.17) is 4.52 Å². The van der Waals surface area contributed by atoms with Gasteiger partial charge in [0.25, 0.3) is 0 Å². The molecule has 2 atom stereocenters. The maximum absolute atomic E-state index is 12.2. The van der Waals surface area contributed by atoms with Crippen molar-refractivity contribution in [1.82, 2.24) is 5.16 Å². The van der Waals surface area contributed by atoms with E-state index in [1.54, 1.807) is 0 Å². The van der Waals surface area contributed by atoms with E-state index in [0.717, 1.165) is 42.0 Å². The average molecular weight is 267 g/mol. The number of hydrogen-bond acceptors (Lipinski definition) is 4. The number of thioether (sulfide) groups is 1. The summed E-state index contributed by atoms with van der Waals surface area (Å²) in [6, 6.07) is 0. The molecule has 0 fully saturated rings. The Morgan fingerprint density at radius 3 is 2.89 bits per heavy atom. The van der Waals surface area contributed by atoms with Crippen LogP contribution in [0.4, 0.5) is 0 Å². The average Bonchev–Trinajstić information content (AvgIpc) is 2.72. The predicted octanol–water partition coefficient (Wildman–Crippen LogP) is 3.51. The summed E-state index contributed by atoms with van der Waals surface area (Å²) in [4.78, 5) is 12.2. The molecular weight excluding hydrogens is 246 g/mol.